The quantitative estimate of drug-likeness (QED) is 0.313. The van der Waals surface area contributed by atoms with E-state index in [0.717, 1.165) is 59.6 Å². The van der Waals surface area contributed by atoms with Crippen LogP contribution in [-0.4, -0.2) is 34.1 Å². The molecule has 5 heteroatoms. The summed E-state index contributed by atoms with van der Waals surface area (Å²) in [5, 5.41) is 2.84. The van der Waals surface area contributed by atoms with Crippen molar-refractivity contribution in [3.63, 3.8) is 0 Å². The summed E-state index contributed by atoms with van der Waals surface area (Å²) in [6, 6.07) is 18.8. The second kappa shape index (κ2) is 10.2. The molecular weight excluding hydrogens is 414 g/mol. The third-order valence-corrected chi connectivity index (χ3v) is 6.96. The van der Waals surface area contributed by atoms with Crippen molar-refractivity contribution in [1.29, 1.82) is 0 Å². The van der Waals surface area contributed by atoms with Gasteiger partial charge in [-0.1, -0.05) is 75.4 Å². The van der Waals surface area contributed by atoms with Crippen molar-refractivity contribution < 1.29 is 0 Å². The normalized spacial score (nSPS) is 11.5. The average molecular weight is 446 g/mol. The van der Waals surface area contributed by atoms with Crippen LogP contribution in [0.4, 0.5) is 0 Å². The van der Waals surface area contributed by atoms with Gasteiger partial charge in [-0.3, -0.25) is 9.36 Å². The first-order chi connectivity index (χ1) is 15.7. The van der Waals surface area contributed by atoms with Crippen molar-refractivity contribution in [1.82, 2.24) is 14.5 Å². The van der Waals surface area contributed by atoms with Crippen molar-refractivity contribution in [2.75, 3.05) is 19.6 Å². The van der Waals surface area contributed by atoms with Crippen LogP contribution in [-0.2, 0) is 13.0 Å². The summed E-state index contributed by atoms with van der Waals surface area (Å²) in [5.74, 6) is 0.907. The molecule has 0 aliphatic carbocycles. The van der Waals surface area contributed by atoms with E-state index in [1.807, 2.05) is 10.6 Å². The van der Waals surface area contributed by atoms with Crippen molar-refractivity contribution >= 4 is 21.6 Å². The predicted molar refractivity (Wildman–Crippen MR) is 137 cm³/mol. The molecule has 32 heavy (non-hydrogen) atoms. The first kappa shape index (κ1) is 22.4. The van der Waals surface area contributed by atoms with Gasteiger partial charge in [-0.15, -0.1) is 11.3 Å². The molecule has 0 radical (unpaired) electrons. The number of benzene rings is 2. The van der Waals surface area contributed by atoms with Crippen molar-refractivity contribution in [2.45, 2.75) is 40.2 Å². The van der Waals surface area contributed by atoms with Gasteiger partial charge in [-0.2, -0.15) is 0 Å². The predicted octanol–water partition coefficient (Wildman–Crippen LogP) is 6.09. The smallest absolute Gasteiger partial charge is 0.262 e. The van der Waals surface area contributed by atoms with Gasteiger partial charge < -0.3 is 4.90 Å². The van der Waals surface area contributed by atoms with E-state index in [9.17, 15) is 4.79 Å². The molecule has 4 rings (SSSR count). The summed E-state index contributed by atoms with van der Waals surface area (Å²) >= 11 is 1.57. The number of fused-ring (bicyclic) bond motifs is 1. The Morgan fingerprint density at radius 3 is 2.22 bits per heavy atom. The Labute approximate surface area is 194 Å². The Kier molecular flexibility index (Phi) is 7.18. The van der Waals surface area contributed by atoms with Crippen LogP contribution in [0.2, 0.25) is 0 Å². The highest BCUT2D eigenvalue weighted by atomic mass is 32.1. The lowest BCUT2D eigenvalue weighted by molar-refractivity contribution is 0.287. The number of hydrogen-bond donors (Lipinski definition) is 0. The maximum Gasteiger partial charge on any atom is 0.262 e. The minimum absolute atomic E-state index is 0.0917. The summed E-state index contributed by atoms with van der Waals surface area (Å²) in [7, 11) is 0. The molecule has 166 valence electrons. The van der Waals surface area contributed by atoms with E-state index in [1.165, 1.54) is 11.1 Å². The minimum Gasteiger partial charge on any atom is -0.302 e. The second-order valence-electron chi connectivity index (χ2n) is 8.03. The summed E-state index contributed by atoms with van der Waals surface area (Å²) < 4.78 is 1.92. The average Bonchev–Trinajstić information content (AvgIpc) is 3.26. The van der Waals surface area contributed by atoms with E-state index in [2.05, 4.69) is 79.6 Å². The number of hydrogen-bond acceptors (Lipinski definition) is 4. The molecule has 2 heterocycles. The molecule has 0 aliphatic heterocycles. The van der Waals surface area contributed by atoms with Gasteiger partial charge in [0.1, 0.15) is 10.7 Å². The maximum absolute atomic E-state index is 13.7. The largest absolute Gasteiger partial charge is 0.302 e. The zero-order valence-electron chi connectivity index (χ0n) is 19.2. The van der Waals surface area contributed by atoms with Gasteiger partial charge in [0, 0.05) is 30.5 Å². The lowest BCUT2D eigenvalue weighted by Crippen LogP contribution is -2.33. The van der Waals surface area contributed by atoms with E-state index in [0.29, 0.717) is 6.54 Å². The van der Waals surface area contributed by atoms with Gasteiger partial charge in [0.15, 0.2) is 0 Å². The van der Waals surface area contributed by atoms with Crippen LogP contribution in [0, 0.1) is 0 Å². The number of nitrogens with zero attached hydrogens (tertiary/aromatic N) is 3. The number of likely N-dealkylation sites (N-methyl/N-ethyl adjacent to an activating group) is 1. The Morgan fingerprint density at radius 2 is 1.56 bits per heavy atom. The lowest BCUT2D eigenvalue weighted by Gasteiger charge is -2.20. The SMILES string of the molecule is CCCc1nc2scc(-c3ccc(-c4ccccc4)cc3)c2c(=O)n1CCN(CC)CC. The molecule has 0 saturated carbocycles. The third-order valence-electron chi connectivity index (χ3n) is 6.08. The molecule has 4 aromatic rings. The zero-order chi connectivity index (χ0) is 22.5. The van der Waals surface area contributed by atoms with Crippen molar-refractivity contribution in [3.8, 4) is 22.3 Å². The molecule has 0 saturated heterocycles. The molecule has 0 amide bonds. The molecule has 2 aromatic heterocycles. The van der Waals surface area contributed by atoms with Crippen LogP contribution in [0.3, 0.4) is 0 Å². The number of aryl methyl sites for hydroxylation is 1. The summed E-state index contributed by atoms with van der Waals surface area (Å²) in [4.78, 5) is 21.8. The Morgan fingerprint density at radius 1 is 0.906 bits per heavy atom. The first-order valence-corrected chi connectivity index (χ1v) is 12.4. The first-order valence-electron chi connectivity index (χ1n) is 11.5. The maximum atomic E-state index is 13.7. The molecule has 0 atom stereocenters. The molecule has 2 aromatic carbocycles. The van der Waals surface area contributed by atoms with E-state index in [-0.39, 0.29) is 5.56 Å². The molecule has 0 unspecified atom stereocenters. The second-order valence-corrected chi connectivity index (χ2v) is 8.89. The van der Waals surface area contributed by atoms with Gasteiger partial charge in [-0.05, 0) is 36.2 Å². The van der Waals surface area contributed by atoms with Crippen LogP contribution in [0.1, 0.15) is 33.0 Å². The highest BCUT2D eigenvalue weighted by Crippen LogP contribution is 2.32. The number of aromatic nitrogens is 2. The Balaban J connectivity index is 1.75. The summed E-state index contributed by atoms with van der Waals surface area (Å²) in [6.07, 6.45) is 1.80. The molecule has 4 nitrogen and oxygen atoms in total. The fourth-order valence-electron chi connectivity index (χ4n) is 4.18. The van der Waals surface area contributed by atoms with Crippen LogP contribution in [0.15, 0.2) is 64.8 Å². The number of rotatable bonds is 9. The van der Waals surface area contributed by atoms with E-state index >= 15 is 0 Å². The standard InChI is InChI=1S/C27H31N3OS/c1-4-10-24-28-26-25(27(31)30(24)18-17-29(5-2)6-3)23(19-32-26)22-15-13-21(14-16-22)20-11-8-7-9-12-20/h7-9,11-16,19H,4-6,10,17-18H2,1-3H3. The van der Waals surface area contributed by atoms with Gasteiger partial charge in [0.2, 0.25) is 0 Å². The summed E-state index contributed by atoms with van der Waals surface area (Å²) in [6.45, 7) is 9.98. The van der Waals surface area contributed by atoms with Crippen molar-refractivity contribution in [3.05, 3.63) is 76.2 Å². The molecule has 0 bridgehead atoms. The fourth-order valence-corrected chi connectivity index (χ4v) is 5.13. The molecular formula is C27H31N3OS. The zero-order valence-corrected chi connectivity index (χ0v) is 20.0. The van der Waals surface area contributed by atoms with Gasteiger partial charge in [0.05, 0.1) is 5.39 Å². The fraction of sp³-hybridized carbons (Fsp3) is 0.333. The Hall–Kier alpha value is -2.76. The number of thiophene rings is 1. The molecule has 0 fully saturated rings. The highest BCUT2D eigenvalue weighted by Gasteiger charge is 2.17. The van der Waals surface area contributed by atoms with Crippen LogP contribution in [0.25, 0.3) is 32.5 Å². The Bertz CT molecular complexity index is 1220. The topological polar surface area (TPSA) is 38.1 Å². The summed E-state index contributed by atoms with van der Waals surface area (Å²) in [5.41, 5.74) is 4.51. The van der Waals surface area contributed by atoms with Gasteiger partial charge in [0.25, 0.3) is 5.56 Å². The monoisotopic (exact) mass is 445 g/mol. The van der Waals surface area contributed by atoms with Gasteiger partial charge >= 0.3 is 0 Å². The molecule has 0 aliphatic rings. The minimum atomic E-state index is 0.0917. The molecule has 0 spiro atoms. The van der Waals surface area contributed by atoms with Crippen molar-refractivity contribution in [2.24, 2.45) is 0 Å². The van der Waals surface area contributed by atoms with Crippen LogP contribution in [0.5, 0.6) is 0 Å². The van der Waals surface area contributed by atoms with E-state index < -0.39 is 0 Å². The highest BCUT2D eigenvalue weighted by molar-refractivity contribution is 7.17. The van der Waals surface area contributed by atoms with Crippen LogP contribution >= 0.6 is 11.3 Å². The van der Waals surface area contributed by atoms with E-state index in [1.54, 1.807) is 11.3 Å². The molecule has 0 N–H and O–H groups in total. The van der Waals surface area contributed by atoms with Gasteiger partial charge in [-0.25, -0.2) is 4.98 Å². The third kappa shape index (κ3) is 4.54. The lowest BCUT2D eigenvalue weighted by atomic mass is 10.0. The van der Waals surface area contributed by atoms with Crippen LogP contribution < -0.4 is 5.56 Å². The van der Waals surface area contributed by atoms with E-state index in [4.69, 9.17) is 4.98 Å².